The van der Waals surface area contributed by atoms with Gasteiger partial charge in [0.1, 0.15) is 6.10 Å². The van der Waals surface area contributed by atoms with Gasteiger partial charge in [-0.25, -0.2) is 4.98 Å². The van der Waals surface area contributed by atoms with Crippen LogP contribution in [0.2, 0.25) is 0 Å². The number of nitrogens with zero attached hydrogens (tertiary/aromatic N) is 2. The van der Waals surface area contributed by atoms with Crippen molar-refractivity contribution >= 4 is 0 Å². The highest BCUT2D eigenvalue weighted by Crippen LogP contribution is 2.22. The summed E-state index contributed by atoms with van der Waals surface area (Å²) in [6.45, 7) is 5.84. The molecule has 1 saturated carbocycles. The smallest absolute Gasteiger partial charge is 0.320 e. The van der Waals surface area contributed by atoms with Crippen LogP contribution in [0.5, 0.6) is 11.9 Å². The first-order chi connectivity index (χ1) is 9.04. The summed E-state index contributed by atoms with van der Waals surface area (Å²) in [6.07, 6.45) is 4.41. The third kappa shape index (κ3) is 4.06. The quantitative estimate of drug-likeness (QED) is 0.904. The SMILES string of the molecule is Cc1cc(OC(C)C)nc(OC2CCCCC2N)n1. The van der Waals surface area contributed by atoms with E-state index in [9.17, 15) is 0 Å². The minimum atomic E-state index is 0.0162. The van der Waals surface area contributed by atoms with Gasteiger partial charge in [0, 0.05) is 17.8 Å². The second-order valence-corrected chi connectivity index (χ2v) is 5.40. The molecule has 1 fully saturated rings. The summed E-state index contributed by atoms with van der Waals surface area (Å²) in [5.41, 5.74) is 6.91. The Balaban J connectivity index is 2.08. The van der Waals surface area contributed by atoms with E-state index in [1.165, 1.54) is 6.42 Å². The Kier molecular flexibility index (Phi) is 4.58. The average molecular weight is 265 g/mol. The molecule has 5 heteroatoms. The molecule has 1 aliphatic carbocycles. The molecule has 2 N–H and O–H groups in total. The standard InChI is InChI=1S/C14H23N3O2/c1-9(2)18-13-8-10(3)16-14(17-13)19-12-7-5-4-6-11(12)15/h8-9,11-12H,4-7,15H2,1-3H3. The highest BCUT2D eigenvalue weighted by molar-refractivity contribution is 5.18. The van der Waals surface area contributed by atoms with Gasteiger partial charge >= 0.3 is 6.01 Å². The molecule has 0 aromatic carbocycles. The Hall–Kier alpha value is -1.36. The third-order valence-corrected chi connectivity index (χ3v) is 3.18. The number of hydrogen-bond acceptors (Lipinski definition) is 5. The minimum absolute atomic E-state index is 0.0162. The van der Waals surface area contributed by atoms with Gasteiger partial charge in [-0.3, -0.25) is 0 Å². The van der Waals surface area contributed by atoms with E-state index in [1.807, 2.05) is 26.8 Å². The Bertz CT molecular complexity index is 423. The summed E-state index contributed by atoms with van der Waals surface area (Å²) >= 11 is 0. The molecule has 1 aromatic heterocycles. The summed E-state index contributed by atoms with van der Waals surface area (Å²) in [7, 11) is 0. The fourth-order valence-electron chi connectivity index (χ4n) is 2.28. The van der Waals surface area contributed by atoms with Gasteiger partial charge in [-0.2, -0.15) is 4.98 Å². The van der Waals surface area contributed by atoms with E-state index in [-0.39, 0.29) is 18.2 Å². The van der Waals surface area contributed by atoms with Crippen LogP contribution in [-0.4, -0.2) is 28.2 Å². The molecule has 0 radical (unpaired) electrons. The van der Waals surface area contributed by atoms with E-state index in [2.05, 4.69) is 9.97 Å². The predicted molar refractivity (Wildman–Crippen MR) is 73.4 cm³/mol. The molecular weight excluding hydrogens is 242 g/mol. The lowest BCUT2D eigenvalue weighted by atomic mass is 9.93. The van der Waals surface area contributed by atoms with Crippen molar-refractivity contribution in [2.24, 2.45) is 5.73 Å². The lowest BCUT2D eigenvalue weighted by Gasteiger charge is -2.28. The number of rotatable bonds is 4. The monoisotopic (exact) mass is 265 g/mol. The highest BCUT2D eigenvalue weighted by Gasteiger charge is 2.24. The van der Waals surface area contributed by atoms with E-state index < -0.39 is 0 Å². The van der Waals surface area contributed by atoms with Crippen LogP contribution in [-0.2, 0) is 0 Å². The van der Waals surface area contributed by atoms with E-state index >= 15 is 0 Å². The fraction of sp³-hybridized carbons (Fsp3) is 0.714. The third-order valence-electron chi connectivity index (χ3n) is 3.18. The maximum absolute atomic E-state index is 6.07. The molecule has 0 saturated heterocycles. The zero-order chi connectivity index (χ0) is 13.8. The highest BCUT2D eigenvalue weighted by atomic mass is 16.5. The normalized spacial score (nSPS) is 23.4. The van der Waals surface area contributed by atoms with Gasteiger partial charge in [0.25, 0.3) is 0 Å². The maximum Gasteiger partial charge on any atom is 0.320 e. The van der Waals surface area contributed by atoms with Gasteiger partial charge in [0.15, 0.2) is 0 Å². The lowest BCUT2D eigenvalue weighted by Crippen LogP contribution is -2.41. The largest absolute Gasteiger partial charge is 0.475 e. The average Bonchev–Trinajstić information content (AvgIpc) is 2.30. The summed E-state index contributed by atoms with van der Waals surface area (Å²) in [5, 5.41) is 0. The second kappa shape index (κ2) is 6.19. The Labute approximate surface area is 114 Å². The van der Waals surface area contributed by atoms with Crippen LogP contribution in [0.4, 0.5) is 0 Å². The Morgan fingerprint density at radius 2 is 2.00 bits per heavy atom. The van der Waals surface area contributed by atoms with Crippen LogP contribution in [0.1, 0.15) is 45.2 Å². The fourth-order valence-corrected chi connectivity index (χ4v) is 2.28. The maximum atomic E-state index is 6.07. The van der Waals surface area contributed by atoms with Crippen molar-refractivity contribution in [2.75, 3.05) is 0 Å². The zero-order valence-electron chi connectivity index (χ0n) is 11.9. The van der Waals surface area contributed by atoms with E-state index in [0.717, 1.165) is 25.0 Å². The number of aromatic nitrogens is 2. The van der Waals surface area contributed by atoms with Crippen LogP contribution >= 0.6 is 0 Å². The van der Waals surface area contributed by atoms with Crippen molar-refractivity contribution in [3.63, 3.8) is 0 Å². The first-order valence-electron chi connectivity index (χ1n) is 6.99. The molecule has 0 spiro atoms. The van der Waals surface area contributed by atoms with Crippen LogP contribution in [0.25, 0.3) is 0 Å². The topological polar surface area (TPSA) is 70.3 Å². The number of aryl methyl sites for hydroxylation is 1. The van der Waals surface area contributed by atoms with Crippen LogP contribution in [0.3, 0.4) is 0 Å². The summed E-state index contributed by atoms with van der Waals surface area (Å²) < 4.78 is 11.4. The molecule has 1 aliphatic rings. The van der Waals surface area contributed by atoms with E-state index in [0.29, 0.717) is 11.9 Å². The van der Waals surface area contributed by atoms with Crippen molar-refractivity contribution < 1.29 is 9.47 Å². The first kappa shape index (κ1) is 14.1. The second-order valence-electron chi connectivity index (χ2n) is 5.40. The van der Waals surface area contributed by atoms with Crippen molar-refractivity contribution in [1.29, 1.82) is 0 Å². The molecule has 1 aromatic rings. The van der Waals surface area contributed by atoms with Crippen LogP contribution in [0.15, 0.2) is 6.07 Å². The first-order valence-corrected chi connectivity index (χ1v) is 6.99. The van der Waals surface area contributed by atoms with Crippen molar-refractivity contribution in [3.8, 4) is 11.9 Å². The lowest BCUT2D eigenvalue weighted by molar-refractivity contribution is 0.118. The number of hydrogen-bond donors (Lipinski definition) is 1. The minimum Gasteiger partial charge on any atom is -0.475 e. The molecule has 2 rings (SSSR count). The van der Waals surface area contributed by atoms with E-state index in [4.69, 9.17) is 15.2 Å². The Morgan fingerprint density at radius 3 is 2.68 bits per heavy atom. The van der Waals surface area contributed by atoms with Crippen LogP contribution in [0, 0.1) is 6.92 Å². The van der Waals surface area contributed by atoms with Gasteiger partial charge in [-0.1, -0.05) is 6.42 Å². The van der Waals surface area contributed by atoms with Gasteiger partial charge in [0.2, 0.25) is 5.88 Å². The van der Waals surface area contributed by atoms with Gasteiger partial charge < -0.3 is 15.2 Å². The molecule has 19 heavy (non-hydrogen) atoms. The van der Waals surface area contributed by atoms with Gasteiger partial charge in [0.05, 0.1) is 6.10 Å². The number of ether oxygens (including phenoxy) is 2. The van der Waals surface area contributed by atoms with E-state index in [1.54, 1.807) is 0 Å². The zero-order valence-corrected chi connectivity index (χ0v) is 11.9. The van der Waals surface area contributed by atoms with Gasteiger partial charge in [-0.15, -0.1) is 0 Å². The van der Waals surface area contributed by atoms with Crippen LogP contribution < -0.4 is 15.2 Å². The molecule has 0 amide bonds. The predicted octanol–water partition coefficient (Wildman–Crippen LogP) is 2.22. The summed E-state index contributed by atoms with van der Waals surface area (Å²) in [6, 6.07) is 2.26. The molecule has 106 valence electrons. The molecule has 2 unspecified atom stereocenters. The van der Waals surface area contributed by atoms with Crippen molar-refractivity contribution in [2.45, 2.75) is 64.7 Å². The summed E-state index contributed by atoms with van der Waals surface area (Å²) in [5.74, 6) is 0.557. The van der Waals surface area contributed by atoms with Crippen molar-refractivity contribution in [1.82, 2.24) is 9.97 Å². The molecular formula is C14H23N3O2. The molecule has 1 heterocycles. The number of nitrogens with two attached hydrogens (primary N) is 1. The van der Waals surface area contributed by atoms with Crippen molar-refractivity contribution in [3.05, 3.63) is 11.8 Å². The summed E-state index contributed by atoms with van der Waals surface area (Å²) in [4.78, 5) is 8.59. The Morgan fingerprint density at radius 1 is 1.26 bits per heavy atom. The molecule has 5 nitrogen and oxygen atoms in total. The molecule has 0 bridgehead atoms. The van der Waals surface area contributed by atoms with Gasteiger partial charge in [-0.05, 0) is 40.0 Å². The molecule has 0 aliphatic heterocycles. The molecule has 2 atom stereocenters.